The second-order valence-electron chi connectivity index (χ2n) is 3.20. The topological polar surface area (TPSA) is 86.5 Å². The van der Waals surface area contributed by atoms with E-state index in [9.17, 15) is 14.4 Å². The van der Waals surface area contributed by atoms with Gasteiger partial charge in [0.25, 0.3) is 5.91 Å². The Labute approximate surface area is 92.2 Å². The highest BCUT2D eigenvalue weighted by molar-refractivity contribution is 6.04. The molecule has 0 atom stereocenters. The number of carbonyl (C=O) groups is 3. The normalized spacial score (nSPS) is 9.62. The first-order valence-electron chi connectivity index (χ1n) is 4.55. The van der Waals surface area contributed by atoms with Gasteiger partial charge < -0.3 is 10.5 Å². The van der Waals surface area contributed by atoms with Gasteiger partial charge in [-0.3, -0.25) is 14.4 Å². The number of primary amides is 1. The van der Waals surface area contributed by atoms with Gasteiger partial charge in [-0.25, -0.2) is 0 Å². The molecule has 1 amide bonds. The van der Waals surface area contributed by atoms with Gasteiger partial charge >= 0.3 is 5.97 Å². The number of hydrogen-bond acceptors (Lipinski definition) is 4. The Morgan fingerprint density at radius 1 is 1.12 bits per heavy atom. The van der Waals surface area contributed by atoms with Crippen LogP contribution in [0.15, 0.2) is 18.2 Å². The Balaban J connectivity index is 3.40. The summed E-state index contributed by atoms with van der Waals surface area (Å²) in [5, 5.41) is 0. The monoisotopic (exact) mass is 221 g/mol. The van der Waals surface area contributed by atoms with Crippen LogP contribution in [0.2, 0.25) is 0 Å². The smallest absolute Gasteiger partial charge is 0.308 e. The van der Waals surface area contributed by atoms with Crippen LogP contribution in [0, 0.1) is 0 Å². The van der Waals surface area contributed by atoms with Crippen LogP contribution in [0.1, 0.15) is 34.6 Å². The van der Waals surface area contributed by atoms with Crippen molar-refractivity contribution in [2.75, 3.05) is 0 Å². The fourth-order valence-electron chi connectivity index (χ4n) is 1.26. The summed E-state index contributed by atoms with van der Waals surface area (Å²) in [7, 11) is 0. The zero-order valence-electron chi connectivity index (χ0n) is 8.94. The maximum absolute atomic E-state index is 11.3. The molecule has 0 aliphatic rings. The molecule has 0 aliphatic heterocycles. The molecule has 0 radical (unpaired) electrons. The van der Waals surface area contributed by atoms with Gasteiger partial charge in [-0.1, -0.05) is 6.07 Å². The SMILES string of the molecule is CC(=O)Oc1c(C(C)=O)cccc1C(N)=O. The minimum Gasteiger partial charge on any atom is -0.425 e. The van der Waals surface area contributed by atoms with Crippen LogP contribution in [-0.2, 0) is 4.79 Å². The summed E-state index contributed by atoms with van der Waals surface area (Å²) < 4.78 is 4.84. The lowest BCUT2D eigenvalue weighted by Gasteiger charge is -2.09. The van der Waals surface area contributed by atoms with E-state index >= 15 is 0 Å². The van der Waals surface area contributed by atoms with Crippen molar-refractivity contribution < 1.29 is 19.1 Å². The third-order valence-corrected chi connectivity index (χ3v) is 1.91. The summed E-state index contributed by atoms with van der Waals surface area (Å²) >= 11 is 0. The molecule has 2 N–H and O–H groups in total. The van der Waals surface area contributed by atoms with Gasteiger partial charge in [0.1, 0.15) is 0 Å². The minimum atomic E-state index is -0.751. The van der Waals surface area contributed by atoms with Crippen molar-refractivity contribution in [3.63, 3.8) is 0 Å². The first-order chi connectivity index (χ1) is 7.43. The number of ether oxygens (including phenoxy) is 1. The molecule has 5 nitrogen and oxygen atoms in total. The lowest BCUT2D eigenvalue weighted by Crippen LogP contribution is -2.16. The van der Waals surface area contributed by atoms with E-state index in [1.807, 2.05) is 0 Å². The van der Waals surface area contributed by atoms with E-state index in [0.717, 1.165) is 0 Å². The molecule has 0 spiro atoms. The predicted octanol–water partition coefficient (Wildman–Crippen LogP) is 0.913. The van der Waals surface area contributed by atoms with Gasteiger partial charge in [0.15, 0.2) is 11.5 Å². The van der Waals surface area contributed by atoms with Crippen LogP contribution >= 0.6 is 0 Å². The van der Waals surface area contributed by atoms with E-state index in [0.29, 0.717) is 0 Å². The molecule has 1 aromatic carbocycles. The highest BCUT2D eigenvalue weighted by Gasteiger charge is 2.17. The van der Waals surface area contributed by atoms with E-state index in [-0.39, 0.29) is 22.7 Å². The van der Waals surface area contributed by atoms with Crippen molar-refractivity contribution in [2.45, 2.75) is 13.8 Å². The summed E-state index contributed by atoms with van der Waals surface area (Å²) in [6, 6.07) is 4.36. The van der Waals surface area contributed by atoms with Crippen molar-refractivity contribution in [3.05, 3.63) is 29.3 Å². The van der Waals surface area contributed by atoms with Crippen molar-refractivity contribution in [2.24, 2.45) is 5.73 Å². The third kappa shape index (κ3) is 2.44. The van der Waals surface area contributed by atoms with E-state index < -0.39 is 11.9 Å². The van der Waals surface area contributed by atoms with Crippen molar-refractivity contribution in [1.82, 2.24) is 0 Å². The molecule has 0 aliphatic carbocycles. The van der Waals surface area contributed by atoms with Gasteiger partial charge in [0.2, 0.25) is 0 Å². The van der Waals surface area contributed by atoms with Crippen LogP contribution in [0.4, 0.5) is 0 Å². The molecule has 0 aromatic heterocycles. The number of carbonyl (C=O) groups excluding carboxylic acids is 3. The maximum atomic E-state index is 11.3. The average molecular weight is 221 g/mol. The number of ketones is 1. The number of nitrogens with two attached hydrogens (primary N) is 1. The number of Topliss-reactive ketones (excluding diaryl/α,β-unsaturated/α-hetero) is 1. The number of rotatable bonds is 3. The number of benzene rings is 1. The van der Waals surface area contributed by atoms with E-state index in [1.165, 1.54) is 32.0 Å². The Morgan fingerprint density at radius 3 is 2.12 bits per heavy atom. The maximum Gasteiger partial charge on any atom is 0.308 e. The molecule has 84 valence electrons. The summed E-state index contributed by atoms with van der Waals surface area (Å²) in [5.41, 5.74) is 5.29. The Hall–Kier alpha value is -2.17. The second-order valence-corrected chi connectivity index (χ2v) is 3.20. The Morgan fingerprint density at radius 2 is 1.69 bits per heavy atom. The summed E-state index contributed by atoms with van der Waals surface area (Å²) in [4.78, 5) is 33.3. The number of esters is 1. The molecule has 5 heteroatoms. The zero-order chi connectivity index (χ0) is 12.3. The van der Waals surface area contributed by atoms with Gasteiger partial charge in [-0.05, 0) is 19.1 Å². The van der Waals surface area contributed by atoms with Gasteiger partial charge in [-0.2, -0.15) is 0 Å². The highest BCUT2D eigenvalue weighted by atomic mass is 16.5. The second kappa shape index (κ2) is 4.57. The Kier molecular flexibility index (Phi) is 3.40. The quantitative estimate of drug-likeness (QED) is 0.467. The lowest BCUT2D eigenvalue weighted by atomic mass is 10.1. The predicted molar refractivity (Wildman–Crippen MR) is 56.3 cm³/mol. The van der Waals surface area contributed by atoms with Crippen LogP contribution in [0.5, 0.6) is 5.75 Å². The molecule has 16 heavy (non-hydrogen) atoms. The highest BCUT2D eigenvalue weighted by Crippen LogP contribution is 2.24. The first kappa shape index (κ1) is 11.9. The molecule has 1 aromatic rings. The number of para-hydroxylation sites is 1. The molecular weight excluding hydrogens is 210 g/mol. The standard InChI is InChI=1S/C11H11NO4/c1-6(13)8-4-3-5-9(11(12)15)10(8)16-7(2)14/h3-5H,1-2H3,(H2,12,15). The van der Waals surface area contributed by atoms with Crippen LogP contribution in [0.3, 0.4) is 0 Å². The zero-order valence-corrected chi connectivity index (χ0v) is 8.94. The third-order valence-electron chi connectivity index (χ3n) is 1.91. The van der Waals surface area contributed by atoms with Crippen molar-refractivity contribution in [3.8, 4) is 5.75 Å². The molecule has 0 bridgehead atoms. The minimum absolute atomic E-state index is 0.0166. The summed E-state index contributed by atoms with van der Waals surface area (Å²) in [6.45, 7) is 2.49. The molecule has 0 saturated heterocycles. The number of amides is 1. The van der Waals surface area contributed by atoms with Crippen LogP contribution in [-0.4, -0.2) is 17.7 Å². The first-order valence-corrected chi connectivity index (χ1v) is 4.55. The Bertz CT molecular complexity index is 433. The average Bonchev–Trinajstić information content (AvgIpc) is 2.16. The van der Waals surface area contributed by atoms with Crippen molar-refractivity contribution >= 4 is 17.7 Å². The van der Waals surface area contributed by atoms with E-state index in [2.05, 4.69) is 0 Å². The fraction of sp³-hybridized carbons (Fsp3) is 0.182. The molecule has 0 unspecified atom stereocenters. The van der Waals surface area contributed by atoms with Gasteiger partial charge in [0.05, 0.1) is 11.1 Å². The largest absolute Gasteiger partial charge is 0.425 e. The van der Waals surface area contributed by atoms with E-state index in [4.69, 9.17) is 10.5 Å². The molecule has 0 saturated carbocycles. The van der Waals surface area contributed by atoms with E-state index in [1.54, 1.807) is 0 Å². The molecule has 0 fully saturated rings. The van der Waals surface area contributed by atoms with Crippen LogP contribution in [0.25, 0.3) is 0 Å². The van der Waals surface area contributed by atoms with Gasteiger partial charge in [0, 0.05) is 6.92 Å². The summed E-state index contributed by atoms with van der Waals surface area (Å²) in [5.74, 6) is -1.75. The lowest BCUT2D eigenvalue weighted by molar-refractivity contribution is -0.131. The molecule has 0 heterocycles. The fourth-order valence-corrected chi connectivity index (χ4v) is 1.26. The van der Waals surface area contributed by atoms with Crippen molar-refractivity contribution in [1.29, 1.82) is 0 Å². The molecular formula is C11H11NO4. The van der Waals surface area contributed by atoms with Gasteiger partial charge in [-0.15, -0.1) is 0 Å². The number of hydrogen-bond donors (Lipinski definition) is 1. The summed E-state index contributed by atoms with van der Waals surface area (Å²) in [6.07, 6.45) is 0. The van der Waals surface area contributed by atoms with Crippen LogP contribution < -0.4 is 10.5 Å². The molecule has 1 rings (SSSR count).